The second-order valence-corrected chi connectivity index (χ2v) is 5.32. The van der Waals surface area contributed by atoms with Crippen LogP contribution in [0.3, 0.4) is 0 Å². The zero-order valence-electron chi connectivity index (χ0n) is 12.2. The first-order valence-electron chi connectivity index (χ1n) is 6.83. The molecule has 24 heavy (non-hydrogen) atoms. The Labute approximate surface area is 140 Å². The SMILES string of the molecule is O=C(C=Cc1ccc(F)cc1)NCc1ccc(Cl)c(C(F)(F)F)c1. The van der Waals surface area contributed by atoms with E-state index in [0.717, 1.165) is 12.1 Å². The van der Waals surface area contributed by atoms with Crippen molar-refractivity contribution in [3.05, 3.63) is 76.1 Å². The van der Waals surface area contributed by atoms with Gasteiger partial charge in [0.2, 0.25) is 5.91 Å². The molecule has 0 radical (unpaired) electrons. The molecule has 0 atom stereocenters. The molecule has 0 aliphatic carbocycles. The minimum Gasteiger partial charge on any atom is -0.348 e. The van der Waals surface area contributed by atoms with Crippen molar-refractivity contribution in [2.45, 2.75) is 12.7 Å². The number of amides is 1. The summed E-state index contributed by atoms with van der Waals surface area (Å²) >= 11 is 5.53. The van der Waals surface area contributed by atoms with E-state index in [1.54, 1.807) is 0 Å². The van der Waals surface area contributed by atoms with Crippen molar-refractivity contribution in [3.8, 4) is 0 Å². The molecule has 2 rings (SSSR count). The first-order valence-corrected chi connectivity index (χ1v) is 7.20. The average Bonchev–Trinajstić information content (AvgIpc) is 2.52. The number of nitrogens with one attached hydrogen (secondary N) is 1. The minimum absolute atomic E-state index is 0.0765. The lowest BCUT2D eigenvalue weighted by Crippen LogP contribution is -2.20. The van der Waals surface area contributed by atoms with Crippen molar-refractivity contribution in [1.82, 2.24) is 5.32 Å². The number of carbonyl (C=O) groups is 1. The summed E-state index contributed by atoms with van der Waals surface area (Å²) in [5.41, 5.74) is -0.0505. The molecule has 0 aromatic heterocycles. The van der Waals surface area contributed by atoms with Crippen molar-refractivity contribution >= 4 is 23.6 Å². The molecule has 0 fully saturated rings. The van der Waals surface area contributed by atoms with E-state index in [-0.39, 0.29) is 17.9 Å². The third kappa shape index (κ3) is 5.09. The van der Waals surface area contributed by atoms with E-state index in [1.807, 2.05) is 0 Å². The van der Waals surface area contributed by atoms with Gasteiger partial charge in [-0.15, -0.1) is 0 Å². The number of rotatable bonds is 4. The van der Waals surface area contributed by atoms with E-state index in [1.165, 1.54) is 42.5 Å². The van der Waals surface area contributed by atoms with Gasteiger partial charge in [-0.1, -0.05) is 29.8 Å². The summed E-state index contributed by atoms with van der Waals surface area (Å²) in [6.07, 6.45) is -1.87. The molecule has 0 bridgehead atoms. The highest BCUT2D eigenvalue weighted by Crippen LogP contribution is 2.35. The van der Waals surface area contributed by atoms with Gasteiger partial charge in [-0.25, -0.2) is 4.39 Å². The molecule has 1 amide bonds. The number of hydrogen-bond donors (Lipinski definition) is 1. The van der Waals surface area contributed by atoms with Crippen LogP contribution in [0, 0.1) is 5.82 Å². The van der Waals surface area contributed by atoms with Gasteiger partial charge >= 0.3 is 6.18 Å². The molecule has 0 saturated heterocycles. The second-order valence-electron chi connectivity index (χ2n) is 4.91. The molecule has 0 heterocycles. The number of halogens is 5. The molecule has 0 unspecified atom stereocenters. The van der Waals surface area contributed by atoms with Crippen LogP contribution in [-0.4, -0.2) is 5.91 Å². The van der Waals surface area contributed by atoms with Crippen LogP contribution in [0.5, 0.6) is 0 Å². The van der Waals surface area contributed by atoms with Crippen molar-refractivity contribution in [2.24, 2.45) is 0 Å². The third-order valence-electron chi connectivity index (χ3n) is 3.10. The Hall–Kier alpha value is -2.34. The molecule has 0 saturated carbocycles. The summed E-state index contributed by atoms with van der Waals surface area (Å²) in [4.78, 5) is 11.7. The van der Waals surface area contributed by atoms with Crippen LogP contribution in [0.4, 0.5) is 17.6 Å². The van der Waals surface area contributed by atoms with Crippen LogP contribution in [0.2, 0.25) is 5.02 Å². The van der Waals surface area contributed by atoms with Crippen molar-refractivity contribution < 1.29 is 22.4 Å². The quantitative estimate of drug-likeness (QED) is 0.616. The van der Waals surface area contributed by atoms with E-state index < -0.39 is 22.7 Å². The van der Waals surface area contributed by atoms with Crippen LogP contribution < -0.4 is 5.32 Å². The Balaban J connectivity index is 1.98. The molecule has 0 aliphatic rings. The van der Waals surface area contributed by atoms with Gasteiger partial charge in [0.1, 0.15) is 5.82 Å². The lowest BCUT2D eigenvalue weighted by atomic mass is 10.1. The van der Waals surface area contributed by atoms with E-state index >= 15 is 0 Å². The highest BCUT2D eigenvalue weighted by Gasteiger charge is 2.33. The Morgan fingerprint density at radius 1 is 1.12 bits per heavy atom. The van der Waals surface area contributed by atoms with Gasteiger partial charge in [-0.2, -0.15) is 13.2 Å². The number of hydrogen-bond acceptors (Lipinski definition) is 1. The van der Waals surface area contributed by atoms with Gasteiger partial charge in [0.15, 0.2) is 0 Å². The normalized spacial score (nSPS) is 11.7. The lowest BCUT2D eigenvalue weighted by Gasteiger charge is -2.11. The van der Waals surface area contributed by atoms with E-state index in [2.05, 4.69) is 5.32 Å². The topological polar surface area (TPSA) is 29.1 Å². The monoisotopic (exact) mass is 357 g/mol. The minimum atomic E-state index is -4.56. The Bertz CT molecular complexity index is 754. The molecule has 2 aromatic rings. The molecule has 7 heteroatoms. The Kier molecular flexibility index (Phi) is 5.62. The lowest BCUT2D eigenvalue weighted by molar-refractivity contribution is -0.137. The van der Waals surface area contributed by atoms with Gasteiger partial charge in [0.25, 0.3) is 0 Å². The zero-order valence-corrected chi connectivity index (χ0v) is 13.0. The number of alkyl halides is 3. The standard InChI is InChI=1S/C17H12ClF4NO/c18-15-7-3-12(9-14(15)17(20,21)22)10-23-16(24)8-4-11-1-5-13(19)6-2-11/h1-9H,10H2,(H,23,24). The maximum atomic E-state index is 12.8. The van der Waals surface area contributed by atoms with Crippen LogP contribution in [0.25, 0.3) is 6.08 Å². The molecule has 126 valence electrons. The van der Waals surface area contributed by atoms with Crippen LogP contribution in [0.15, 0.2) is 48.5 Å². The molecule has 2 aromatic carbocycles. The summed E-state index contributed by atoms with van der Waals surface area (Å²) in [5, 5.41) is 2.07. The highest BCUT2D eigenvalue weighted by atomic mass is 35.5. The van der Waals surface area contributed by atoms with Gasteiger partial charge < -0.3 is 5.32 Å². The summed E-state index contributed by atoms with van der Waals surface area (Å²) in [7, 11) is 0. The summed E-state index contributed by atoms with van der Waals surface area (Å²) in [5.74, 6) is -0.873. The summed E-state index contributed by atoms with van der Waals surface area (Å²) in [6, 6.07) is 8.93. The molecule has 2 nitrogen and oxygen atoms in total. The predicted octanol–water partition coefficient (Wildman–Crippen LogP) is 4.83. The molecule has 0 aliphatic heterocycles. The predicted molar refractivity (Wildman–Crippen MR) is 83.7 cm³/mol. The van der Waals surface area contributed by atoms with Gasteiger partial charge in [0, 0.05) is 12.6 Å². The summed E-state index contributed by atoms with van der Waals surface area (Å²) in [6.45, 7) is -0.0765. The Morgan fingerprint density at radius 2 is 1.79 bits per heavy atom. The van der Waals surface area contributed by atoms with Crippen molar-refractivity contribution in [2.75, 3.05) is 0 Å². The fourth-order valence-electron chi connectivity index (χ4n) is 1.89. The smallest absolute Gasteiger partial charge is 0.348 e. The first kappa shape index (κ1) is 18.0. The van der Waals surface area contributed by atoms with Gasteiger partial charge in [-0.3, -0.25) is 4.79 Å². The Morgan fingerprint density at radius 3 is 2.42 bits per heavy atom. The zero-order chi connectivity index (χ0) is 17.7. The molecular formula is C17H12ClF4NO. The average molecular weight is 358 g/mol. The fraction of sp³-hybridized carbons (Fsp3) is 0.118. The molecular weight excluding hydrogens is 346 g/mol. The van der Waals surface area contributed by atoms with E-state index in [0.29, 0.717) is 5.56 Å². The van der Waals surface area contributed by atoms with Crippen LogP contribution >= 0.6 is 11.6 Å². The molecule has 0 spiro atoms. The van der Waals surface area contributed by atoms with E-state index in [4.69, 9.17) is 11.6 Å². The van der Waals surface area contributed by atoms with E-state index in [9.17, 15) is 22.4 Å². The number of benzene rings is 2. The number of carbonyl (C=O) groups excluding carboxylic acids is 1. The first-order chi connectivity index (χ1) is 11.3. The van der Waals surface area contributed by atoms with Crippen molar-refractivity contribution in [3.63, 3.8) is 0 Å². The van der Waals surface area contributed by atoms with Crippen LogP contribution in [-0.2, 0) is 17.5 Å². The third-order valence-corrected chi connectivity index (χ3v) is 3.43. The largest absolute Gasteiger partial charge is 0.417 e. The van der Waals surface area contributed by atoms with Crippen molar-refractivity contribution in [1.29, 1.82) is 0 Å². The second kappa shape index (κ2) is 7.49. The highest BCUT2D eigenvalue weighted by molar-refractivity contribution is 6.31. The molecule has 1 N–H and O–H groups in total. The van der Waals surface area contributed by atoms with Gasteiger partial charge in [-0.05, 0) is 41.5 Å². The van der Waals surface area contributed by atoms with Gasteiger partial charge in [0.05, 0.1) is 10.6 Å². The van der Waals surface area contributed by atoms with Crippen LogP contribution in [0.1, 0.15) is 16.7 Å². The fourth-order valence-corrected chi connectivity index (χ4v) is 2.12. The maximum Gasteiger partial charge on any atom is 0.417 e. The maximum absolute atomic E-state index is 12.8. The summed E-state index contributed by atoms with van der Waals surface area (Å²) < 4.78 is 51.0.